The van der Waals surface area contributed by atoms with Gasteiger partial charge in [0.05, 0.1) is 17.6 Å². The monoisotopic (exact) mass is 438 g/mol. The van der Waals surface area contributed by atoms with Crippen LogP contribution in [0.15, 0.2) is 83.5 Å². The van der Waals surface area contributed by atoms with E-state index in [1.165, 1.54) is 6.26 Å². The van der Waals surface area contributed by atoms with Crippen LogP contribution in [-0.4, -0.2) is 37.7 Å². The van der Waals surface area contributed by atoms with Gasteiger partial charge in [0.15, 0.2) is 9.84 Å². The predicted octanol–water partition coefficient (Wildman–Crippen LogP) is 4.16. The summed E-state index contributed by atoms with van der Waals surface area (Å²) in [5.74, 6) is 0.356. The third kappa shape index (κ3) is 5.17. The van der Waals surface area contributed by atoms with E-state index < -0.39 is 15.1 Å². The summed E-state index contributed by atoms with van der Waals surface area (Å²) in [4.78, 5) is 14.7. The van der Waals surface area contributed by atoms with Crippen LogP contribution in [0.25, 0.3) is 0 Å². The van der Waals surface area contributed by atoms with Crippen molar-refractivity contribution in [2.24, 2.45) is 0 Å². The van der Waals surface area contributed by atoms with Crippen LogP contribution in [0.1, 0.15) is 35.8 Å². The van der Waals surface area contributed by atoms with Gasteiger partial charge in [0.1, 0.15) is 11.5 Å². The Morgan fingerprint density at radius 3 is 2.03 bits per heavy atom. The maximum absolute atomic E-state index is 13.0. The molecule has 1 saturated heterocycles. The van der Waals surface area contributed by atoms with Gasteiger partial charge >= 0.3 is 6.03 Å². The van der Waals surface area contributed by atoms with E-state index in [0.29, 0.717) is 31.7 Å². The molecule has 1 aliphatic rings. The Hall–Kier alpha value is -3.06. The maximum atomic E-state index is 13.0. The van der Waals surface area contributed by atoms with E-state index in [-0.39, 0.29) is 17.8 Å². The molecule has 0 unspecified atom stereocenters. The van der Waals surface area contributed by atoms with Crippen LogP contribution in [0.3, 0.4) is 0 Å². The highest BCUT2D eigenvalue weighted by Gasteiger charge is 2.33. The maximum Gasteiger partial charge on any atom is 0.318 e. The van der Waals surface area contributed by atoms with E-state index >= 15 is 0 Å². The Kier molecular flexibility index (Phi) is 6.42. The van der Waals surface area contributed by atoms with Crippen LogP contribution in [-0.2, 0) is 15.6 Å². The molecule has 1 aromatic heterocycles. The fourth-order valence-corrected chi connectivity index (χ4v) is 5.72. The van der Waals surface area contributed by atoms with Crippen LogP contribution < -0.4 is 5.32 Å². The largest absolute Gasteiger partial charge is 0.468 e. The topological polar surface area (TPSA) is 79.6 Å². The van der Waals surface area contributed by atoms with Crippen molar-refractivity contribution in [1.82, 2.24) is 10.2 Å². The quantitative estimate of drug-likeness (QED) is 0.627. The number of rotatable bonds is 6. The van der Waals surface area contributed by atoms with Crippen molar-refractivity contribution >= 4 is 15.9 Å². The van der Waals surface area contributed by atoms with E-state index in [0.717, 1.165) is 11.1 Å². The minimum atomic E-state index is -3.32. The van der Waals surface area contributed by atoms with Gasteiger partial charge < -0.3 is 14.6 Å². The van der Waals surface area contributed by atoms with Gasteiger partial charge in [0.25, 0.3) is 0 Å². The number of amides is 2. The molecule has 7 heteroatoms. The molecular weight excluding hydrogens is 412 g/mol. The summed E-state index contributed by atoms with van der Waals surface area (Å²) >= 11 is 0. The second-order valence-corrected chi connectivity index (χ2v) is 10.1. The summed E-state index contributed by atoms with van der Waals surface area (Å²) in [7, 11) is -3.32. The Labute approximate surface area is 182 Å². The number of hydrogen-bond acceptors (Lipinski definition) is 4. The van der Waals surface area contributed by atoms with E-state index in [1.807, 2.05) is 60.7 Å². The zero-order valence-electron chi connectivity index (χ0n) is 17.2. The van der Waals surface area contributed by atoms with Gasteiger partial charge in [-0.05, 0) is 36.1 Å². The van der Waals surface area contributed by atoms with Crippen LogP contribution in [0.4, 0.5) is 4.79 Å². The second kappa shape index (κ2) is 9.39. The molecule has 0 spiro atoms. The Balaban J connectivity index is 1.40. The molecule has 2 amide bonds. The molecule has 0 radical (unpaired) electrons. The normalized spacial score (nSPS) is 15.2. The zero-order valence-corrected chi connectivity index (χ0v) is 18.0. The van der Waals surface area contributed by atoms with Crippen molar-refractivity contribution in [2.45, 2.75) is 29.9 Å². The average molecular weight is 439 g/mol. The Morgan fingerprint density at radius 2 is 1.52 bits per heavy atom. The minimum absolute atomic E-state index is 0.0963. The Morgan fingerprint density at radius 1 is 0.935 bits per heavy atom. The molecule has 6 nitrogen and oxygen atoms in total. The number of carbonyl (C=O) groups is 1. The lowest BCUT2D eigenvalue weighted by Crippen LogP contribution is -2.48. The molecule has 1 fully saturated rings. The molecule has 162 valence electrons. The number of nitrogens with one attached hydrogen (secondary N) is 1. The predicted molar refractivity (Wildman–Crippen MR) is 119 cm³/mol. The van der Waals surface area contributed by atoms with Gasteiger partial charge in [0.2, 0.25) is 0 Å². The highest BCUT2D eigenvalue weighted by Crippen LogP contribution is 2.25. The number of sulfone groups is 1. The van der Waals surface area contributed by atoms with Gasteiger partial charge in [-0.25, -0.2) is 13.2 Å². The van der Waals surface area contributed by atoms with Crippen molar-refractivity contribution in [2.75, 3.05) is 13.1 Å². The summed E-state index contributed by atoms with van der Waals surface area (Å²) in [6.07, 6.45) is 2.34. The standard InChI is InChI=1S/C24H26N2O4S/c27-24(25-23(19-8-3-1-4-9-19)20-10-5-2-6-11-20)26-15-13-22(14-16-26)31(28,29)18-21-12-7-17-30-21/h1-12,17,22-23H,13-16,18H2,(H,25,27). The first kappa shape index (κ1) is 21.2. The number of likely N-dealkylation sites (tertiary alicyclic amines) is 1. The summed E-state index contributed by atoms with van der Waals surface area (Å²) in [6, 6.07) is 22.6. The number of urea groups is 1. The highest BCUT2D eigenvalue weighted by molar-refractivity contribution is 7.91. The lowest BCUT2D eigenvalue weighted by molar-refractivity contribution is 0.184. The first-order chi connectivity index (χ1) is 15.0. The first-order valence-electron chi connectivity index (χ1n) is 10.4. The molecule has 31 heavy (non-hydrogen) atoms. The first-order valence-corrected chi connectivity index (χ1v) is 12.1. The number of piperidine rings is 1. The number of nitrogens with zero attached hydrogens (tertiary/aromatic N) is 1. The van der Waals surface area contributed by atoms with Gasteiger partial charge in [-0.1, -0.05) is 60.7 Å². The number of carbonyl (C=O) groups excluding carboxylic acids is 1. The lowest BCUT2D eigenvalue weighted by Gasteiger charge is -2.33. The Bertz CT molecular complexity index is 1040. The fourth-order valence-electron chi connectivity index (χ4n) is 3.99. The molecular formula is C24H26N2O4S. The summed E-state index contributed by atoms with van der Waals surface area (Å²) in [6.45, 7) is 0.814. The van der Waals surface area contributed by atoms with E-state index in [2.05, 4.69) is 5.32 Å². The fraction of sp³-hybridized carbons (Fsp3) is 0.292. The van der Waals surface area contributed by atoms with Gasteiger partial charge in [-0.15, -0.1) is 0 Å². The van der Waals surface area contributed by atoms with Crippen molar-refractivity contribution in [3.8, 4) is 0 Å². The van der Waals surface area contributed by atoms with Crippen molar-refractivity contribution in [3.05, 3.63) is 95.9 Å². The molecule has 0 aliphatic carbocycles. The third-order valence-electron chi connectivity index (χ3n) is 5.69. The molecule has 4 rings (SSSR count). The van der Waals surface area contributed by atoms with Crippen molar-refractivity contribution in [1.29, 1.82) is 0 Å². The van der Waals surface area contributed by atoms with E-state index in [4.69, 9.17) is 4.42 Å². The molecule has 1 N–H and O–H groups in total. The van der Waals surface area contributed by atoms with Crippen LogP contribution >= 0.6 is 0 Å². The SMILES string of the molecule is O=C(NC(c1ccccc1)c1ccccc1)N1CCC(S(=O)(=O)Cc2ccco2)CC1. The smallest absolute Gasteiger partial charge is 0.318 e. The zero-order chi connectivity index (χ0) is 21.7. The van der Waals surface area contributed by atoms with Crippen LogP contribution in [0, 0.1) is 0 Å². The summed E-state index contributed by atoms with van der Waals surface area (Å²) < 4.78 is 30.6. The van der Waals surface area contributed by atoms with Gasteiger partial charge in [-0.2, -0.15) is 0 Å². The second-order valence-electron chi connectivity index (χ2n) is 7.78. The van der Waals surface area contributed by atoms with E-state index in [1.54, 1.807) is 17.0 Å². The molecule has 3 aromatic rings. The molecule has 0 bridgehead atoms. The van der Waals surface area contributed by atoms with Crippen LogP contribution in [0.2, 0.25) is 0 Å². The third-order valence-corrected chi connectivity index (χ3v) is 7.87. The highest BCUT2D eigenvalue weighted by atomic mass is 32.2. The average Bonchev–Trinajstić information content (AvgIpc) is 3.31. The number of benzene rings is 2. The molecule has 0 saturated carbocycles. The number of furan rings is 1. The van der Waals surface area contributed by atoms with E-state index in [9.17, 15) is 13.2 Å². The lowest BCUT2D eigenvalue weighted by atomic mass is 9.99. The van der Waals surface area contributed by atoms with Crippen LogP contribution in [0.5, 0.6) is 0 Å². The number of hydrogen-bond donors (Lipinski definition) is 1. The molecule has 1 aliphatic heterocycles. The van der Waals surface area contributed by atoms with Crippen molar-refractivity contribution in [3.63, 3.8) is 0 Å². The molecule has 0 atom stereocenters. The minimum Gasteiger partial charge on any atom is -0.468 e. The van der Waals surface area contributed by atoms with Crippen molar-refractivity contribution < 1.29 is 17.6 Å². The molecule has 2 aromatic carbocycles. The molecule has 2 heterocycles. The van der Waals surface area contributed by atoms with Gasteiger partial charge in [-0.3, -0.25) is 0 Å². The summed E-state index contributed by atoms with van der Waals surface area (Å²) in [5, 5.41) is 2.67. The summed E-state index contributed by atoms with van der Waals surface area (Å²) in [5.41, 5.74) is 2.00. The van der Waals surface area contributed by atoms with Gasteiger partial charge in [0, 0.05) is 13.1 Å².